The third-order valence-corrected chi connectivity index (χ3v) is 3.86. The largest absolute Gasteiger partial charge is 0.396 e. The van der Waals surface area contributed by atoms with E-state index in [0.29, 0.717) is 12.1 Å². The normalized spacial score (nSPS) is 20.4. The van der Waals surface area contributed by atoms with Gasteiger partial charge in [0, 0.05) is 24.2 Å². The molecule has 3 nitrogen and oxygen atoms in total. The van der Waals surface area contributed by atoms with Gasteiger partial charge in [0.25, 0.3) is 5.91 Å². The van der Waals surface area contributed by atoms with Crippen molar-refractivity contribution in [2.75, 3.05) is 19.7 Å². The zero-order valence-electron chi connectivity index (χ0n) is 9.60. The molecule has 0 spiro atoms. The number of hydrogen-bond acceptors (Lipinski definition) is 2. The van der Waals surface area contributed by atoms with Crippen LogP contribution in [-0.2, 0) is 0 Å². The molecular weight excluding hydrogens is 282 g/mol. The number of rotatable bonds is 2. The predicted octanol–water partition coefficient (Wildman–Crippen LogP) is 2.29. The Labute approximate surface area is 110 Å². The average Bonchev–Trinajstić information content (AvgIpc) is 2.38. The second kappa shape index (κ2) is 5.65. The lowest BCUT2D eigenvalue weighted by atomic mass is 9.98. The number of nitrogens with zero attached hydrogens (tertiary/aromatic N) is 1. The van der Waals surface area contributed by atoms with Crippen LogP contribution in [0.3, 0.4) is 0 Å². The molecule has 0 saturated carbocycles. The number of piperidine rings is 1. The zero-order chi connectivity index (χ0) is 12.3. The van der Waals surface area contributed by atoms with Gasteiger partial charge in [0.15, 0.2) is 0 Å². The lowest BCUT2D eigenvalue weighted by molar-refractivity contribution is 0.0620. The maximum absolute atomic E-state index is 12.3. The summed E-state index contributed by atoms with van der Waals surface area (Å²) in [6.07, 6.45) is 1.98. The first kappa shape index (κ1) is 12.6. The van der Waals surface area contributed by atoms with E-state index >= 15 is 0 Å². The molecule has 1 unspecified atom stereocenters. The SMILES string of the molecule is O=C(c1ccccc1Br)N1CCCC(CO)C1. The van der Waals surface area contributed by atoms with Crippen molar-refractivity contribution in [3.8, 4) is 0 Å². The number of amides is 1. The molecule has 1 heterocycles. The van der Waals surface area contributed by atoms with Crippen LogP contribution in [0.1, 0.15) is 23.2 Å². The Balaban J connectivity index is 2.12. The van der Waals surface area contributed by atoms with Gasteiger partial charge in [0.2, 0.25) is 0 Å². The van der Waals surface area contributed by atoms with Gasteiger partial charge in [-0.05, 0) is 46.8 Å². The van der Waals surface area contributed by atoms with Crippen molar-refractivity contribution in [2.24, 2.45) is 5.92 Å². The topological polar surface area (TPSA) is 40.5 Å². The zero-order valence-corrected chi connectivity index (χ0v) is 11.2. The highest BCUT2D eigenvalue weighted by atomic mass is 79.9. The van der Waals surface area contributed by atoms with Crippen molar-refractivity contribution in [3.63, 3.8) is 0 Å². The Morgan fingerprint density at radius 2 is 2.24 bits per heavy atom. The second-order valence-electron chi connectivity index (χ2n) is 4.42. The van der Waals surface area contributed by atoms with Crippen molar-refractivity contribution in [3.05, 3.63) is 34.3 Å². The maximum Gasteiger partial charge on any atom is 0.255 e. The molecule has 1 aromatic carbocycles. The first-order valence-corrected chi connectivity index (χ1v) is 6.66. The summed E-state index contributed by atoms with van der Waals surface area (Å²) in [5.74, 6) is 0.283. The number of carbonyl (C=O) groups excluding carboxylic acids is 1. The number of benzene rings is 1. The fourth-order valence-electron chi connectivity index (χ4n) is 2.20. The molecule has 1 aliphatic heterocycles. The summed E-state index contributed by atoms with van der Waals surface area (Å²) in [7, 11) is 0. The molecule has 1 aliphatic rings. The molecule has 1 N–H and O–H groups in total. The molecule has 4 heteroatoms. The van der Waals surface area contributed by atoms with E-state index in [1.807, 2.05) is 29.2 Å². The highest BCUT2D eigenvalue weighted by Crippen LogP contribution is 2.22. The van der Waals surface area contributed by atoms with Crippen LogP contribution in [0.2, 0.25) is 0 Å². The Morgan fingerprint density at radius 3 is 2.94 bits per heavy atom. The fourth-order valence-corrected chi connectivity index (χ4v) is 2.66. The summed E-state index contributed by atoms with van der Waals surface area (Å²) in [6, 6.07) is 7.47. The fraction of sp³-hybridized carbons (Fsp3) is 0.462. The lowest BCUT2D eigenvalue weighted by Crippen LogP contribution is -2.41. The van der Waals surface area contributed by atoms with Gasteiger partial charge in [-0.3, -0.25) is 4.79 Å². The molecule has 1 amide bonds. The molecule has 2 rings (SSSR count). The van der Waals surface area contributed by atoms with Gasteiger partial charge in [-0.15, -0.1) is 0 Å². The van der Waals surface area contributed by atoms with E-state index < -0.39 is 0 Å². The third-order valence-electron chi connectivity index (χ3n) is 3.17. The molecule has 1 atom stereocenters. The Kier molecular flexibility index (Phi) is 4.18. The number of halogens is 1. The van der Waals surface area contributed by atoms with Gasteiger partial charge in [-0.2, -0.15) is 0 Å². The summed E-state index contributed by atoms with van der Waals surface area (Å²) < 4.78 is 0.830. The second-order valence-corrected chi connectivity index (χ2v) is 5.28. The summed E-state index contributed by atoms with van der Waals surface area (Å²) in [5.41, 5.74) is 0.700. The van der Waals surface area contributed by atoms with E-state index in [1.165, 1.54) is 0 Å². The van der Waals surface area contributed by atoms with Crippen LogP contribution in [0.4, 0.5) is 0 Å². The van der Waals surface area contributed by atoms with Crippen molar-refractivity contribution in [1.29, 1.82) is 0 Å². The van der Waals surface area contributed by atoms with Crippen LogP contribution in [0.5, 0.6) is 0 Å². The van der Waals surface area contributed by atoms with Gasteiger partial charge >= 0.3 is 0 Å². The standard InChI is InChI=1S/C13H16BrNO2/c14-12-6-2-1-5-11(12)13(17)15-7-3-4-10(8-15)9-16/h1-2,5-6,10,16H,3-4,7-9H2. The maximum atomic E-state index is 12.3. The van der Waals surface area contributed by atoms with Gasteiger partial charge < -0.3 is 10.0 Å². The van der Waals surface area contributed by atoms with E-state index in [2.05, 4.69) is 15.9 Å². The van der Waals surface area contributed by atoms with Gasteiger partial charge in [-0.25, -0.2) is 0 Å². The van der Waals surface area contributed by atoms with Crippen LogP contribution >= 0.6 is 15.9 Å². The molecular formula is C13H16BrNO2. The average molecular weight is 298 g/mol. The van der Waals surface area contributed by atoms with Crippen LogP contribution in [0, 0.1) is 5.92 Å². The van der Waals surface area contributed by atoms with Crippen molar-refractivity contribution >= 4 is 21.8 Å². The summed E-state index contributed by atoms with van der Waals surface area (Å²) in [6.45, 7) is 1.62. The third kappa shape index (κ3) is 2.87. The van der Waals surface area contributed by atoms with Crippen LogP contribution in [0.25, 0.3) is 0 Å². The number of likely N-dealkylation sites (tertiary alicyclic amines) is 1. The van der Waals surface area contributed by atoms with Crippen LogP contribution < -0.4 is 0 Å². The van der Waals surface area contributed by atoms with Crippen LogP contribution in [-0.4, -0.2) is 35.6 Å². The molecule has 92 valence electrons. The van der Waals surface area contributed by atoms with Gasteiger partial charge in [0.05, 0.1) is 5.56 Å². The molecule has 0 aliphatic carbocycles. The van der Waals surface area contributed by atoms with E-state index in [4.69, 9.17) is 5.11 Å². The number of aliphatic hydroxyl groups is 1. The smallest absolute Gasteiger partial charge is 0.255 e. The summed E-state index contributed by atoms with van der Waals surface area (Å²) in [4.78, 5) is 14.1. The van der Waals surface area contributed by atoms with E-state index in [1.54, 1.807) is 0 Å². The first-order chi connectivity index (χ1) is 8.22. The van der Waals surface area contributed by atoms with E-state index in [9.17, 15) is 4.79 Å². The Bertz CT molecular complexity index is 408. The number of carbonyl (C=O) groups is 1. The highest BCUT2D eigenvalue weighted by molar-refractivity contribution is 9.10. The number of hydrogen-bond donors (Lipinski definition) is 1. The molecule has 1 aromatic rings. The molecule has 1 fully saturated rings. The molecule has 17 heavy (non-hydrogen) atoms. The first-order valence-electron chi connectivity index (χ1n) is 5.87. The molecule has 0 aromatic heterocycles. The molecule has 0 bridgehead atoms. The minimum atomic E-state index is 0.0515. The minimum absolute atomic E-state index is 0.0515. The van der Waals surface area contributed by atoms with Crippen molar-refractivity contribution < 1.29 is 9.90 Å². The predicted molar refractivity (Wildman–Crippen MR) is 69.9 cm³/mol. The summed E-state index contributed by atoms with van der Waals surface area (Å²) >= 11 is 3.40. The minimum Gasteiger partial charge on any atom is -0.396 e. The van der Waals surface area contributed by atoms with Crippen molar-refractivity contribution in [2.45, 2.75) is 12.8 Å². The number of aliphatic hydroxyl groups excluding tert-OH is 1. The van der Waals surface area contributed by atoms with Crippen LogP contribution in [0.15, 0.2) is 28.7 Å². The quantitative estimate of drug-likeness (QED) is 0.910. The van der Waals surface area contributed by atoms with Gasteiger partial charge in [-0.1, -0.05) is 12.1 Å². The van der Waals surface area contributed by atoms with Gasteiger partial charge in [0.1, 0.15) is 0 Å². The van der Waals surface area contributed by atoms with Crippen molar-refractivity contribution in [1.82, 2.24) is 4.90 Å². The Morgan fingerprint density at radius 1 is 1.47 bits per heavy atom. The van der Waals surface area contributed by atoms with E-state index in [0.717, 1.165) is 23.9 Å². The highest BCUT2D eigenvalue weighted by Gasteiger charge is 2.24. The monoisotopic (exact) mass is 297 g/mol. The lowest BCUT2D eigenvalue weighted by Gasteiger charge is -2.32. The molecule has 0 radical (unpaired) electrons. The Hall–Kier alpha value is -0.870. The summed E-state index contributed by atoms with van der Waals surface area (Å²) in [5, 5.41) is 9.17. The van der Waals surface area contributed by atoms with E-state index in [-0.39, 0.29) is 18.4 Å². The molecule has 1 saturated heterocycles.